The van der Waals surface area contributed by atoms with Gasteiger partial charge in [-0.25, -0.2) is 4.39 Å². The monoisotopic (exact) mass is 389 g/mol. The number of halogens is 1. The Morgan fingerprint density at radius 3 is 2.14 bits per heavy atom. The highest BCUT2D eigenvalue weighted by Crippen LogP contribution is 2.27. The third-order valence-electron chi connectivity index (χ3n) is 4.14. The maximum Gasteiger partial charge on any atom is 0.293 e. The summed E-state index contributed by atoms with van der Waals surface area (Å²) in [6.45, 7) is 3.50. The van der Waals surface area contributed by atoms with Crippen molar-refractivity contribution in [1.29, 1.82) is 0 Å². The molecule has 0 aliphatic rings. The topological polar surface area (TPSA) is 106 Å². The molecule has 0 radical (unpaired) electrons. The van der Waals surface area contributed by atoms with E-state index in [-0.39, 0.29) is 30.4 Å². The first-order valence-electron chi connectivity index (χ1n) is 8.58. The van der Waals surface area contributed by atoms with Crippen molar-refractivity contribution in [2.45, 2.75) is 13.8 Å². The molecule has 0 saturated carbocycles. The number of carbonyl (C=O) groups is 2. The predicted molar refractivity (Wildman–Crippen MR) is 103 cm³/mol. The normalized spacial score (nSPS) is 11.6. The van der Waals surface area contributed by atoms with Gasteiger partial charge in [0.2, 0.25) is 0 Å². The van der Waals surface area contributed by atoms with E-state index in [9.17, 15) is 24.1 Å². The molecule has 1 atom stereocenters. The van der Waals surface area contributed by atoms with Crippen LogP contribution in [-0.4, -0.2) is 36.9 Å². The summed E-state index contributed by atoms with van der Waals surface area (Å²) in [5.74, 6) is -1.19. The average molecular weight is 389 g/mol. The number of nitrogens with one attached hydrogen (secondary N) is 3. The fourth-order valence-corrected chi connectivity index (χ4v) is 2.60. The molecule has 2 amide bonds. The van der Waals surface area contributed by atoms with E-state index in [2.05, 4.69) is 10.6 Å². The molecule has 148 valence electrons. The van der Waals surface area contributed by atoms with Gasteiger partial charge in [-0.05, 0) is 55.3 Å². The van der Waals surface area contributed by atoms with Crippen LogP contribution in [0.15, 0.2) is 36.4 Å². The van der Waals surface area contributed by atoms with Crippen LogP contribution in [0.5, 0.6) is 0 Å². The van der Waals surface area contributed by atoms with Gasteiger partial charge in [-0.2, -0.15) is 0 Å². The standard InChI is InChI=1S/C19H21FN4O4/c1-12-8-16(17(24(27)28)9-13(12)2)22-19(26)11-23(3)10-18(25)21-15-6-4-14(20)5-7-15/h4-9H,10-11H2,1-3H3,(H,21,25)(H,22,26)/p+1. The van der Waals surface area contributed by atoms with Gasteiger partial charge < -0.3 is 15.5 Å². The number of nitro benzene ring substituents is 1. The Bertz CT molecular complexity index is 900. The van der Waals surface area contributed by atoms with Crippen molar-refractivity contribution in [2.24, 2.45) is 0 Å². The fourth-order valence-electron chi connectivity index (χ4n) is 2.60. The zero-order valence-corrected chi connectivity index (χ0v) is 15.8. The molecule has 2 aromatic rings. The highest BCUT2D eigenvalue weighted by atomic mass is 19.1. The SMILES string of the molecule is Cc1cc(NC(=O)C[NH+](C)CC(=O)Nc2ccc(F)cc2)c([N+](=O)[O-])cc1C. The van der Waals surface area contributed by atoms with E-state index in [0.29, 0.717) is 10.6 Å². The van der Waals surface area contributed by atoms with Crippen LogP contribution in [-0.2, 0) is 9.59 Å². The summed E-state index contributed by atoms with van der Waals surface area (Å²) >= 11 is 0. The summed E-state index contributed by atoms with van der Waals surface area (Å²) in [6, 6.07) is 8.31. The Morgan fingerprint density at radius 1 is 1.04 bits per heavy atom. The molecular formula is C19H22FN4O4+. The van der Waals surface area contributed by atoms with Crippen LogP contribution in [0.4, 0.5) is 21.5 Å². The number of hydrogen-bond donors (Lipinski definition) is 3. The number of benzene rings is 2. The van der Waals surface area contributed by atoms with E-state index in [1.54, 1.807) is 27.0 Å². The first-order valence-corrected chi connectivity index (χ1v) is 8.58. The molecular weight excluding hydrogens is 367 g/mol. The van der Waals surface area contributed by atoms with Crippen LogP contribution in [0.25, 0.3) is 0 Å². The molecule has 9 heteroatoms. The van der Waals surface area contributed by atoms with E-state index in [0.717, 1.165) is 11.1 Å². The van der Waals surface area contributed by atoms with Crippen molar-refractivity contribution in [3.63, 3.8) is 0 Å². The molecule has 0 fully saturated rings. The number of rotatable bonds is 7. The second kappa shape index (κ2) is 9.05. The smallest absolute Gasteiger partial charge is 0.293 e. The lowest BCUT2D eigenvalue weighted by Gasteiger charge is -2.14. The zero-order chi connectivity index (χ0) is 20.8. The molecule has 0 aromatic heterocycles. The van der Waals surface area contributed by atoms with E-state index in [4.69, 9.17) is 0 Å². The summed E-state index contributed by atoms with van der Waals surface area (Å²) < 4.78 is 12.9. The molecule has 3 N–H and O–H groups in total. The zero-order valence-electron chi connectivity index (χ0n) is 15.8. The molecule has 0 aliphatic heterocycles. The lowest BCUT2D eigenvalue weighted by Crippen LogP contribution is -3.11. The van der Waals surface area contributed by atoms with Crippen LogP contribution < -0.4 is 15.5 Å². The molecule has 0 saturated heterocycles. The van der Waals surface area contributed by atoms with Crippen molar-refractivity contribution in [3.8, 4) is 0 Å². The van der Waals surface area contributed by atoms with Crippen molar-refractivity contribution >= 4 is 28.9 Å². The Hall–Kier alpha value is -3.33. The Kier molecular flexibility index (Phi) is 6.78. The number of nitrogens with zero attached hydrogens (tertiary/aromatic N) is 1. The third kappa shape index (κ3) is 5.85. The lowest BCUT2D eigenvalue weighted by molar-refractivity contribution is -0.862. The van der Waals surface area contributed by atoms with Gasteiger partial charge in [0.15, 0.2) is 13.1 Å². The molecule has 0 aliphatic carbocycles. The molecule has 8 nitrogen and oxygen atoms in total. The van der Waals surface area contributed by atoms with Gasteiger partial charge in [-0.15, -0.1) is 0 Å². The summed E-state index contributed by atoms with van der Waals surface area (Å²) in [7, 11) is 1.65. The van der Waals surface area contributed by atoms with Crippen LogP contribution in [0, 0.1) is 29.8 Å². The van der Waals surface area contributed by atoms with Crippen LogP contribution >= 0.6 is 0 Å². The minimum Gasteiger partial charge on any atom is -0.322 e. The van der Waals surface area contributed by atoms with Crippen molar-refractivity contribution in [3.05, 3.63) is 63.5 Å². The highest BCUT2D eigenvalue weighted by Gasteiger charge is 2.20. The van der Waals surface area contributed by atoms with Crippen molar-refractivity contribution < 1.29 is 23.8 Å². The Morgan fingerprint density at radius 2 is 1.57 bits per heavy atom. The molecule has 2 rings (SSSR count). The van der Waals surface area contributed by atoms with E-state index >= 15 is 0 Å². The van der Waals surface area contributed by atoms with Gasteiger partial charge in [0.1, 0.15) is 11.5 Å². The number of anilines is 2. The van der Waals surface area contributed by atoms with Gasteiger partial charge in [0.05, 0.1) is 12.0 Å². The van der Waals surface area contributed by atoms with Gasteiger partial charge in [-0.1, -0.05) is 0 Å². The number of amides is 2. The lowest BCUT2D eigenvalue weighted by atomic mass is 10.1. The number of aryl methyl sites for hydroxylation is 2. The molecule has 28 heavy (non-hydrogen) atoms. The minimum atomic E-state index is -0.547. The van der Waals surface area contributed by atoms with Crippen LogP contribution in [0.3, 0.4) is 0 Å². The van der Waals surface area contributed by atoms with Crippen molar-refractivity contribution in [1.82, 2.24) is 0 Å². The van der Waals surface area contributed by atoms with Gasteiger partial charge >= 0.3 is 0 Å². The van der Waals surface area contributed by atoms with Gasteiger partial charge in [-0.3, -0.25) is 19.7 Å². The summed E-state index contributed by atoms with van der Waals surface area (Å²) in [5.41, 5.74) is 1.98. The Labute approximate surface area is 161 Å². The molecule has 1 unspecified atom stereocenters. The second-order valence-electron chi connectivity index (χ2n) is 6.62. The van der Waals surface area contributed by atoms with Gasteiger partial charge in [0, 0.05) is 11.8 Å². The first kappa shape index (κ1) is 21.0. The quantitative estimate of drug-likeness (QED) is 0.492. The predicted octanol–water partition coefficient (Wildman–Crippen LogP) is 1.44. The van der Waals surface area contributed by atoms with E-state index in [1.165, 1.54) is 30.3 Å². The molecule has 0 heterocycles. The van der Waals surface area contributed by atoms with Gasteiger partial charge in [0.25, 0.3) is 17.5 Å². The summed E-state index contributed by atoms with van der Waals surface area (Å²) in [6.07, 6.45) is 0. The number of hydrogen-bond acceptors (Lipinski definition) is 4. The summed E-state index contributed by atoms with van der Waals surface area (Å²) in [4.78, 5) is 35.5. The highest BCUT2D eigenvalue weighted by molar-refractivity contribution is 5.94. The molecule has 0 spiro atoms. The van der Waals surface area contributed by atoms with E-state index < -0.39 is 16.6 Å². The Balaban J connectivity index is 1.93. The number of quaternary nitrogens is 1. The average Bonchev–Trinajstić information content (AvgIpc) is 2.59. The molecule has 0 bridgehead atoms. The number of likely N-dealkylation sites (N-methyl/N-ethyl adjacent to an activating group) is 1. The van der Waals surface area contributed by atoms with Crippen molar-refractivity contribution in [2.75, 3.05) is 30.8 Å². The first-order chi connectivity index (χ1) is 13.2. The summed E-state index contributed by atoms with van der Waals surface area (Å²) in [5, 5.41) is 16.4. The van der Waals surface area contributed by atoms with Crippen LogP contribution in [0.2, 0.25) is 0 Å². The number of carbonyl (C=O) groups excluding carboxylic acids is 2. The molecule has 2 aromatic carbocycles. The number of nitro groups is 1. The van der Waals surface area contributed by atoms with E-state index in [1.807, 2.05) is 0 Å². The maximum absolute atomic E-state index is 12.9. The third-order valence-corrected chi connectivity index (χ3v) is 4.14. The van der Waals surface area contributed by atoms with Crippen LogP contribution in [0.1, 0.15) is 11.1 Å². The minimum absolute atomic E-state index is 0.000183. The fraction of sp³-hybridized carbons (Fsp3) is 0.263. The second-order valence-corrected chi connectivity index (χ2v) is 6.62. The largest absolute Gasteiger partial charge is 0.322 e. The maximum atomic E-state index is 12.9.